The third kappa shape index (κ3) is 3.41. The number of hydrogen-bond donors (Lipinski definition) is 2. The lowest BCUT2D eigenvalue weighted by molar-refractivity contribution is 0.102. The summed E-state index contributed by atoms with van der Waals surface area (Å²) in [5, 5.41) is 6.41. The third-order valence-corrected chi connectivity index (χ3v) is 4.12. The number of carbonyl (C=O) groups is 1. The van der Waals surface area contributed by atoms with Gasteiger partial charge >= 0.3 is 0 Å². The Labute approximate surface area is 142 Å². The molecule has 0 saturated carbocycles. The first kappa shape index (κ1) is 16.1. The summed E-state index contributed by atoms with van der Waals surface area (Å²) in [6.07, 6.45) is 3.51. The van der Waals surface area contributed by atoms with Gasteiger partial charge in [-0.2, -0.15) is 0 Å². The minimum absolute atomic E-state index is 0.189. The number of hydrogen-bond acceptors (Lipinski definition) is 4. The molecule has 1 amide bonds. The van der Waals surface area contributed by atoms with Gasteiger partial charge in [0.1, 0.15) is 5.69 Å². The third-order valence-electron chi connectivity index (χ3n) is 3.46. The number of benzene rings is 1. The second-order valence-electron chi connectivity index (χ2n) is 5.22. The molecule has 2 heterocycles. The molecule has 0 aliphatic carbocycles. The molecule has 0 saturated heterocycles. The van der Waals surface area contributed by atoms with Gasteiger partial charge in [-0.15, -0.1) is 11.8 Å². The topological polar surface area (TPSA) is 79.8 Å². The number of H-pyrrole nitrogens is 1. The summed E-state index contributed by atoms with van der Waals surface area (Å²) in [7, 11) is 0. The highest BCUT2D eigenvalue weighted by Crippen LogP contribution is 2.14. The van der Waals surface area contributed by atoms with Crippen LogP contribution in [0.4, 0.5) is 5.69 Å². The lowest BCUT2D eigenvalue weighted by Gasteiger charge is -2.05. The number of carbonyl (C=O) groups excluding carboxylic acids is 1. The molecule has 2 N–H and O–H groups in total. The summed E-state index contributed by atoms with van der Waals surface area (Å²) in [4.78, 5) is 28.6. The fourth-order valence-corrected chi connectivity index (χ4v) is 2.53. The second kappa shape index (κ2) is 6.76. The molecule has 1 aromatic carbocycles. The Hall–Kier alpha value is -2.80. The highest BCUT2D eigenvalue weighted by molar-refractivity contribution is 7.98. The SMILES string of the molecule is CSc1ccc(NC(=O)c2cc(=O)n(-c3ccc(C)cc3)[nH]2)cn1. The molecule has 0 bridgehead atoms. The number of aryl methyl sites for hydroxylation is 1. The first-order valence-electron chi connectivity index (χ1n) is 7.27. The molecule has 0 fully saturated rings. The van der Waals surface area contributed by atoms with Gasteiger partial charge in [-0.05, 0) is 37.4 Å². The van der Waals surface area contributed by atoms with E-state index in [9.17, 15) is 9.59 Å². The van der Waals surface area contributed by atoms with Gasteiger partial charge < -0.3 is 5.32 Å². The molecule has 0 unspecified atom stereocenters. The molecule has 0 aliphatic heterocycles. The quantitative estimate of drug-likeness (QED) is 0.716. The van der Waals surface area contributed by atoms with Crippen LogP contribution in [-0.2, 0) is 0 Å². The summed E-state index contributed by atoms with van der Waals surface area (Å²) in [5.41, 5.74) is 2.24. The number of amides is 1. The predicted octanol–water partition coefficient (Wildman–Crippen LogP) is 2.84. The van der Waals surface area contributed by atoms with Crippen LogP contribution in [0.2, 0.25) is 0 Å². The lowest BCUT2D eigenvalue weighted by atomic mass is 10.2. The first-order valence-corrected chi connectivity index (χ1v) is 8.50. The zero-order chi connectivity index (χ0) is 17.1. The number of aromatic amines is 1. The smallest absolute Gasteiger partial charge is 0.273 e. The first-order chi connectivity index (χ1) is 11.6. The molecule has 24 heavy (non-hydrogen) atoms. The monoisotopic (exact) mass is 340 g/mol. The van der Waals surface area contributed by atoms with E-state index >= 15 is 0 Å². The number of nitrogens with one attached hydrogen (secondary N) is 2. The number of pyridine rings is 1. The number of thioether (sulfide) groups is 1. The summed E-state index contributed by atoms with van der Waals surface area (Å²) in [6.45, 7) is 1.97. The molecule has 3 aromatic rings. The van der Waals surface area contributed by atoms with Gasteiger partial charge in [-0.25, -0.2) is 9.67 Å². The molecule has 0 atom stereocenters. The minimum atomic E-state index is -0.392. The van der Waals surface area contributed by atoms with E-state index in [1.165, 1.54) is 22.5 Å². The van der Waals surface area contributed by atoms with E-state index in [-0.39, 0.29) is 11.3 Å². The Morgan fingerprint density at radius 1 is 1.21 bits per heavy atom. The molecular weight excluding hydrogens is 324 g/mol. The summed E-state index contributed by atoms with van der Waals surface area (Å²) >= 11 is 1.52. The van der Waals surface area contributed by atoms with E-state index in [0.717, 1.165) is 10.6 Å². The maximum atomic E-state index is 12.3. The summed E-state index contributed by atoms with van der Waals surface area (Å²) in [6, 6.07) is 12.3. The zero-order valence-electron chi connectivity index (χ0n) is 13.2. The van der Waals surface area contributed by atoms with E-state index in [1.807, 2.05) is 43.5 Å². The van der Waals surface area contributed by atoms with E-state index in [2.05, 4.69) is 15.4 Å². The van der Waals surface area contributed by atoms with Crippen LogP contribution < -0.4 is 10.9 Å². The number of aromatic nitrogens is 3. The fraction of sp³-hybridized carbons (Fsp3) is 0.118. The Morgan fingerprint density at radius 2 is 1.96 bits per heavy atom. The maximum absolute atomic E-state index is 12.3. The van der Waals surface area contributed by atoms with Crippen LogP contribution in [-0.4, -0.2) is 26.9 Å². The summed E-state index contributed by atoms with van der Waals surface area (Å²) < 4.78 is 1.34. The van der Waals surface area contributed by atoms with Crippen LogP contribution in [0.3, 0.4) is 0 Å². The molecule has 7 heteroatoms. The normalized spacial score (nSPS) is 10.6. The predicted molar refractivity (Wildman–Crippen MR) is 95.1 cm³/mol. The molecule has 6 nitrogen and oxygen atoms in total. The minimum Gasteiger partial charge on any atom is -0.319 e. The van der Waals surface area contributed by atoms with Crippen molar-refractivity contribution in [2.24, 2.45) is 0 Å². The van der Waals surface area contributed by atoms with Gasteiger partial charge in [0.15, 0.2) is 0 Å². The number of anilines is 1. The van der Waals surface area contributed by atoms with E-state index < -0.39 is 5.91 Å². The van der Waals surface area contributed by atoms with Crippen LogP contribution in [0.1, 0.15) is 16.1 Å². The molecule has 122 valence electrons. The zero-order valence-corrected chi connectivity index (χ0v) is 14.1. The van der Waals surface area contributed by atoms with Gasteiger partial charge in [-0.1, -0.05) is 17.7 Å². The Morgan fingerprint density at radius 3 is 2.58 bits per heavy atom. The molecule has 0 radical (unpaired) electrons. The van der Waals surface area contributed by atoms with Crippen molar-refractivity contribution in [2.75, 3.05) is 11.6 Å². The Bertz CT molecular complexity index is 911. The van der Waals surface area contributed by atoms with E-state index in [1.54, 1.807) is 12.3 Å². The highest BCUT2D eigenvalue weighted by atomic mass is 32.2. The van der Waals surface area contributed by atoms with Crippen molar-refractivity contribution in [3.8, 4) is 5.69 Å². The van der Waals surface area contributed by atoms with Gasteiger partial charge in [-0.3, -0.25) is 14.7 Å². The van der Waals surface area contributed by atoms with Crippen LogP contribution in [0.5, 0.6) is 0 Å². The summed E-state index contributed by atoms with van der Waals surface area (Å²) in [5.74, 6) is -0.392. The van der Waals surface area contributed by atoms with Gasteiger partial charge in [0.05, 0.1) is 22.6 Å². The largest absolute Gasteiger partial charge is 0.319 e. The van der Waals surface area contributed by atoms with Gasteiger partial charge in [0.2, 0.25) is 0 Å². The van der Waals surface area contributed by atoms with Crippen LogP contribution >= 0.6 is 11.8 Å². The number of nitrogens with zero attached hydrogens (tertiary/aromatic N) is 2. The molecule has 0 spiro atoms. The Kier molecular flexibility index (Phi) is 4.52. The molecule has 0 aliphatic rings. The van der Waals surface area contributed by atoms with Crippen LogP contribution in [0, 0.1) is 6.92 Å². The maximum Gasteiger partial charge on any atom is 0.273 e. The van der Waals surface area contributed by atoms with Crippen LogP contribution in [0.25, 0.3) is 5.69 Å². The van der Waals surface area contributed by atoms with E-state index in [0.29, 0.717) is 11.4 Å². The van der Waals surface area contributed by atoms with Crippen molar-refractivity contribution >= 4 is 23.4 Å². The van der Waals surface area contributed by atoms with Gasteiger partial charge in [0, 0.05) is 6.07 Å². The van der Waals surface area contributed by atoms with Gasteiger partial charge in [0.25, 0.3) is 11.5 Å². The van der Waals surface area contributed by atoms with Crippen molar-refractivity contribution in [1.82, 2.24) is 14.8 Å². The van der Waals surface area contributed by atoms with Crippen molar-refractivity contribution in [1.29, 1.82) is 0 Å². The highest BCUT2D eigenvalue weighted by Gasteiger charge is 2.12. The Balaban J connectivity index is 1.81. The molecule has 3 rings (SSSR count). The standard InChI is InChI=1S/C17H16N4O2S/c1-11-3-6-13(7-4-11)21-16(22)9-14(20-21)17(23)19-12-5-8-15(24-2)18-10-12/h3-10,20H,1-2H3,(H,19,23). The number of rotatable bonds is 4. The van der Waals surface area contributed by atoms with E-state index in [4.69, 9.17) is 0 Å². The van der Waals surface area contributed by atoms with Crippen molar-refractivity contribution in [2.45, 2.75) is 11.9 Å². The fourth-order valence-electron chi connectivity index (χ4n) is 2.17. The lowest BCUT2D eigenvalue weighted by Crippen LogP contribution is -2.14. The van der Waals surface area contributed by atoms with Crippen molar-refractivity contribution < 1.29 is 4.79 Å². The average Bonchev–Trinajstić information content (AvgIpc) is 2.98. The van der Waals surface area contributed by atoms with Crippen molar-refractivity contribution in [3.63, 3.8) is 0 Å². The molecular formula is C17H16N4O2S. The molecule has 2 aromatic heterocycles. The average molecular weight is 340 g/mol. The van der Waals surface area contributed by atoms with Crippen LogP contribution in [0.15, 0.2) is 58.5 Å². The van der Waals surface area contributed by atoms with Crippen molar-refractivity contribution in [3.05, 3.63) is 70.3 Å². The second-order valence-corrected chi connectivity index (χ2v) is 6.05.